The van der Waals surface area contributed by atoms with Gasteiger partial charge in [0.1, 0.15) is 0 Å². The van der Waals surface area contributed by atoms with Crippen LogP contribution in [0, 0.1) is 12.8 Å². The van der Waals surface area contributed by atoms with Crippen LogP contribution in [0.2, 0.25) is 0 Å². The van der Waals surface area contributed by atoms with Gasteiger partial charge in [0.25, 0.3) is 0 Å². The highest BCUT2D eigenvalue weighted by molar-refractivity contribution is 5.89. The summed E-state index contributed by atoms with van der Waals surface area (Å²) in [5.74, 6) is 0.283. The summed E-state index contributed by atoms with van der Waals surface area (Å²) in [6, 6.07) is 4.59. The molecule has 26 heavy (non-hydrogen) atoms. The number of ether oxygens (including phenoxy) is 2. The first-order valence-corrected chi connectivity index (χ1v) is 10.2. The first-order chi connectivity index (χ1) is 12.5. The van der Waals surface area contributed by atoms with Gasteiger partial charge in [-0.15, -0.1) is 0 Å². The minimum absolute atomic E-state index is 0.0000997. The number of nitrogens with one attached hydrogen (secondary N) is 1. The SMILES string of the molecule is CCC12CCC3(CC1CCCc1cc(NC(C)=O)c(C)cc12)OCCO3. The van der Waals surface area contributed by atoms with Gasteiger partial charge >= 0.3 is 0 Å². The zero-order chi connectivity index (χ0) is 18.4. The summed E-state index contributed by atoms with van der Waals surface area (Å²) < 4.78 is 12.1. The fraction of sp³-hybridized carbons (Fsp3) is 0.682. The van der Waals surface area contributed by atoms with Gasteiger partial charge in [-0.05, 0) is 73.1 Å². The smallest absolute Gasteiger partial charge is 0.221 e. The molecule has 1 aliphatic heterocycles. The molecule has 1 amide bonds. The van der Waals surface area contributed by atoms with Crippen LogP contribution in [0.3, 0.4) is 0 Å². The van der Waals surface area contributed by atoms with Crippen molar-refractivity contribution in [3.63, 3.8) is 0 Å². The van der Waals surface area contributed by atoms with Crippen LogP contribution >= 0.6 is 0 Å². The molecule has 3 aliphatic rings. The number of benzene rings is 1. The van der Waals surface area contributed by atoms with Crippen molar-refractivity contribution in [2.45, 2.75) is 76.9 Å². The molecular weight excluding hydrogens is 326 g/mol. The van der Waals surface area contributed by atoms with Gasteiger partial charge in [-0.1, -0.05) is 13.0 Å². The summed E-state index contributed by atoms with van der Waals surface area (Å²) in [4.78, 5) is 11.6. The van der Waals surface area contributed by atoms with Crippen molar-refractivity contribution in [2.75, 3.05) is 18.5 Å². The third kappa shape index (κ3) is 2.87. The van der Waals surface area contributed by atoms with Crippen molar-refractivity contribution >= 4 is 11.6 Å². The van der Waals surface area contributed by atoms with Crippen molar-refractivity contribution in [1.29, 1.82) is 0 Å². The van der Waals surface area contributed by atoms with Crippen LogP contribution in [-0.2, 0) is 26.1 Å². The lowest BCUT2D eigenvalue weighted by atomic mass is 9.58. The summed E-state index contributed by atoms with van der Waals surface area (Å²) in [6.45, 7) is 7.51. The molecule has 4 nitrogen and oxygen atoms in total. The maximum absolute atomic E-state index is 11.6. The largest absolute Gasteiger partial charge is 0.348 e. The molecule has 2 aliphatic carbocycles. The topological polar surface area (TPSA) is 47.6 Å². The maximum atomic E-state index is 11.6. The molecule has 2 atom stereocenters. The second-order valence-corrected chi connectivity index (χ2v) is 8.42. The van der Waals surface area contributed by atoms with Crippen molar-refractivity contribution in [2.24, 2.45) is 5.92 Å². The van der Waals surface area contributed by atoms with Crippen molar-refractivity contribution in [3.8, 4) is 0 Å². The molecule has 4 heteroatoms. The van der Waals surface area contributed by atoms with E-state index < -0.39 is 0 Å². The van der Waals surface area contributed by atoms with E-state index in [0.29, 0.717) is 5.92 Å². The monoisotopic (exact) mass is 357 g/mol. The number of aryl methyl sites for hydroxylation is 2. The molecule has 1 N–H and O–H groups in total. The van der Waals surface area contributed by atoms with Gasteiger partial charge in [0, 0.05) is 25.5 Å². The highest BCUT2D eigenvalue weighted by Crippen LogP contribution is 2.55. The van der Waals surface area contributed by atoms with Crippen LogP contribution in [-0.4, -0.2) is 24.9 Å². The van der Waals surface area contributed by atoms with Gasteiger partial charge in [0.15, 0.2) is 5.79 Å². The third-order valence-electron chi connectivity index (χ3n) is 7.03. The third-order valence-corrected chi connectivity index (χ3v) is 7.03. The van der Waals surface area contributed by atoms with Gasteiger partial charge in [-0.2, -0.15) is 0 Å². The van der Waals surface area contributed by atoms with Crippen LogP contribution in [0.25, 0.3) is 0 Å². The van der Waals surface area contributed by atoms with E-state index in [1.165, 1.54) is 29.5 Å². The molecule has 0 bridgehead atoms. The van der Waals surface area contributed by atoms with Crippen LogP contribution in [0.4, 0.5) is 5.69 Å². The second-order valence-electron chi connectivity index (χ2n) is 8.42. The Balaban J connectivity index is 1.74. The van der Waals surface area contributed by atoms with Gasteiger partial charge in [0.2, 0.25) is 5.91 Å². The number of hydrogen-bond donors (Lipinski definition) is 1. The molecular formula is C22H31NO3. The highest BCUT2D eigenvalue weighted by atomic mass is 16.7. The molecule has 2 fully saturated rings. The van der Waals surface area contributed by atoms with Gasteiger partial charge in [-0.25, -0.2) is 0 Å². The molecule has 1 aromatic carbocycles. The molecule has 1 saturated carbocycles. The zero-order valence-electron chi connectivity index (χ0n) is 16.3. The average Bonchev–Trinajstić information content (AvgIpc) is 3.00. The van der Waals surface area contributed by atoms with Crippen molar-refractivity contribution < 1.29 is 14.3 Å². The molecule has 4 rings (SSSR count). The maximum Gasteiger partial charge on any atom is 0.221 e. The Morgan fingerprint density at radius 2 is 2.04 bits per heavy atom. The molecule has 1 aromatic rings. The predicted octanol–water partition coefficient (Wildman–Crippen LogP) is 4.48. The van der Waals surface area contributed by atoms with Crippen molar-refractivity contribution in [3.05, 3.63) is 28.8 Å². The minimum Gasteiger partial charge on any atom is -0.348 e. The fourth-order valence-electron chi connectivity index (χ4n) is 5.72. The normalized spacial score (nSPS) is 29.7. The lowest BCUT2D eigenvalue weighted by molar-refractivity contribution is -0.199. The Labute approximate surface area is 156 Å². The van der Waals surface area contributed by atoms with E-state index in [2.05, 4.69) is 31.3 Å². The highest BCUT2D eigenvalue weighted by Gasteiger charge is 2.52. The number of rotatable bonds is 2. The summed E-state index contributed by atoms with van der Waals surface area (Å²) >= 11 is 0. The summed E-state index contributed by atoms with van der Waals surface area (Å²) in [7, 11) is 0. The van der Waals surface area contributed by atoms with E-state index >= 15 is 0 Å². The summed E-state index contributed by atoms with van der Waals surface area (Å²) in [5.41, 5.74) is 5.29. The summed E-state index contributed by atoms with van der Waals surface area (Å²) in [5, 5.41) is 3.01. The molecule has 1 spiro atoms. The Hall–Kier alpha value is -1.39. The average molecular weight is 357 g/mol. The number of fused-ring (bicyclic) bond motifs is 3. The Morgan fingerprint density at radius 3 is 2.73 bits per heavy atom. The molecule has 142 valence electrons. The molecule has 0 radical (unpaired) electrons. The predicted molar refractivity (Wildman–Crippen MR) is 102 cm³/mol. The summed E-state index contributed by atoms with van der Waals surface area (Å²) in [6.07, 6.45) is 7.80. The lowest BCUT2D eigenvalue weighted by Crippen LogP contribution is -2.48. The molecule has 1 saturated heterocycles. The van der Waals surface area contributed by atoms with Crippen molar-refractivity contribution in [1.82, 2.24) is 0 Å². The standard InChI is InChI=1S/C22H31NO3/c1-4-21-8-9-22(25-10-11-26-22)14-18(21)7-5-6-17-13-20(23-16(3)24)15(2)12-19(17)21/h12-13,18H,4-11,14H2,1-3H3,(H,23,24). The number of anilines is 1. The first-order valence-electron chi connectivity index (χ1n) is 10.2. The van der Waals surface area contributed by atoms with Gasteiger partial charge in [-0.3, -0.25) is 4.79 Å². The van der Waals surface area contributed by atoms with Crippen LogP contribution < -0.4 is 5.32 Å². The number of carbonyl (C=O) groups is 1. The lowest BCUT2D eigenvalue weighted by Gasteiger charge is -2.49. The molecule has 1 heterocycles. The van der Waals surface area contributed by atoms with Crippen LogP contribution in [0.15, 0.2) is 12.1 Å². The minimum atomic E-state index is -0.320. The fourth-order valence-corrected chi connectivity index (χ4v) is 5.72. The number of carbonyl (C=O) groups excluding carboxylic acids is 1. The quantitative estimate of drug-likeness (QED) is 0.849. The van der Waals surface area contributed by atoms with Crippen LogP contribution in [0.1, 0.15) is 69.1 Å². The second kappa shape index (κ2) is 6.65. The van der Waals surface area contributed by atoms with Crippen LogP contribution in [0.5, 0.6) is 0 Å². The van der Waals surface area contributed by atoms with E-state index in [-0.39, 0.29) is 17.1 Å². The van der Waals surface area contributed by atoms with E-state index in [0.717, 1.165) is 51.0 Å². The van der Waals surface area contributed by atoms with E-state index in [1.807, 2.05) is 0 Å². The van der Waals surface area contributed by atoms with E-state index in [1.54, 1.807) is 6.92 Å². The van der Waals surface area contributed by atoms with Gasteiger partial charge < -0.3 is 14.8 Å². The van der Waals surface area contributed by atoms with E-state index in [4.69, 9.17) is 9.47 Å². The Kier molecular flexibility index (Phi) is 4.60. The van der Waals surface area contributed by atoms with E-state index in [9.17, 15) is 4.79 Å². The molecule has 2 unspecified atom stereocenters. The first kappa shape index (κ1) is 18.0. The molecule has 0 aromatic heterocycles. The van der Waals surface area contributed by atoms with Gasteiger partial charge in [0.05, 0.1) is 13.2 Å². The Morgan fingerprint density at radius 1 is 1.27 bits per heavy atom. The zero-order valence-corrected chi connectivity index (χ0v) is 16.3. The number of hydrogen-bond acceptors (Lipinski definition) is 3. The Bertz CT molecular complexity index is 708. The number of amides is 1.